The Bertz CT molecular complexity index is 1030. The van der Waals surface area contributed by atoms with E-state index < -0.39 is 17.6 Å². The molecular formula is C16H12F3N3O2S2. The summed E-state index contributed by atoms with van der Waals surface area (Å²) in [6.45, 7) is 0. The molecule has 26 heavy (non-hydrogen) atoms. The van der Waals surface area contributed by atoms with E-state index >= 15 is 0 Å². The highest BCUT2D eigenvalue weighted by Gasteiger charge is 2.33. The van der Waals surface area contributed by atoms with Gasteiger partial charge in [-0.15, -0.1) is 11.3 Å². The zero-order valence-electron chi connectivity index (χ0n) is 13.3. The number of anilines is 1. The third kappa shape index (κ3) is 3.75. The smallest absolute Gasteiger partial charge is 0.325 e. The Kier molecular flexibility index (Phi) is 5.05. The van der Waals surface area contributed by atoms with Crippen LogP contribution in [0.4, 0.5) is 18.9 Å². The van der Waals surface area contributed by atoms with Crippen LogP contribution < -0.4 is 10.9 Å². The highest BCUT2D eigenvalue weighted by atomic mass is 32.2. The number of amides is 1. The van der Waals surface area contributed by atoms with Crippen LogP contribution in [-0.2, 0) is 18.0 Å². The molecule has 10 heteroatoms. The fourth-order valence-electron chi connectivity index (χ4n) is 2.25. The van der Waals surface area contributed by atoms with Crippen molar-refractivity contribution >= 4 is 44.9 Å². The maximum atomic E-state index is 13.0. The number of carbonyl (C=O) groups excluding carboxylic acids is 1. The van der Waals surface area contributed by atoms with Crippen molar-refractivity contribution in [3.05, 3.63) is 51.6 Å². The summed E-state index contributed by atoms with van der Waals surface area (Å²) in [4.78, 5) is 28.6. The van der Waals surface area contributed by atoms with Gasteiger partial charge in [-0.2, -0.15) is 13.2 Å². The van der Waals surface area contributed by atoms with Gasteiger partial charge in [-0.3, -0.25) is 14.2 Å². The second kappa shape index (κ2) is 7.12. The number of benzene rings is 1. The lowest BCUT2D eigenvalue weighted by Crippen LogP contribution is -2.21. The first-order chi connectivity index (χ1) is 12.3. The van der Waals surface area contributed by atoms with Crippen LogP contribution in [0.3, 0.4) is 0 Å². The van der Waals surface area contributed by atoms with Gasteiger partial charge in [0.25, 0.3) is 5.56 Å². The molecule has 0 aliphatic carbocycles. The van der Waals surface area contributed by atoms with Crippen molar-refractivity contribution in [2.24, 2.45) is 7.05 Å². The monoisotopic (exact) mass is 399 g/mol. The van der Waals surface area contributed by atoms with Crippen LogP contribution in [0.5, 0.6) is 0 Å². The molecule has 0 spiro atoms. The molecule has 0 atom stereocenters. The molecule has 0 saturated heterocycles. The molecule has 136 valence electrons. The van der Waals surface area contributed by atoms with Gasteiger partial charge >= 0.3 is 6.18 Å². The Balaban J connectivity index is 1.75. The fraction of sp³-hybridized carbons (Fsp3) is 0.188. The summed E-state index contributed by atoms with van der Waals surface area (Å²) in [6, 6.07) is 6.46. The maximum Gasteiger partial charge on any atom is 0.418 e. The van der Waals surface area contributed by atoms with Gasteiger partial charge in [-0.05, 0) is 23.6 Å². The van der Waals surface area contributed by atoms with E-state index in [0.29, 0.717) is 15.4 Å². The minimum atomic E-state index is -4.56. The number of thiophene rings is 1. The lowest BCUT2D eigenvalue weighted by molar-refractivity contribution is -0.137. The number of thioether (sulfide) groups is 1. The molecule has 3 aromatic rings. The molecule has 0 aliphatic rings. The number of nitrogens with one attached hydrogen (secondary N) is 1. The van der Waals surface area contributed by atoms with Gasteiger partial charge in [0, 0.05) is 7.05 Å². The molecule has 1 amide bonds. The van der Waals surface area contributed by atoms with Gasteiger partial charge in [0.05, 0.1) is 22.5 Å². The third-order valence-electron chi connectivity index (χ3n) is 3.49. The summed E-state index contributed by atoms with van der Waals surface area (Å²) in [5, 5.41) is 4.32. The summed E-state index contributed by atoms with van der Waals surface area (Å²) in [5.74, 6) is -0.798. The van der Waals surface area contributed by atoms with E-state index in [9.17, 15) is 22.8 Å². The Labute approximate surface area is 153 Å². The van der Waals surface area contributed by atoms with Crippen molar-refractivity contribution in [2.75, 3.05) is 11.1 Å². The first kappa shape index (κ1) is 18.5. The van der Waals surface area contributed by atoms with E-state index in [-0.39, 0.29) is 17.0 Å². The lowest BCUT2D eigenvalue weighted by Gasteiger charge is -2.13. The van der Waals surface area contributed by atoms with Crippen molar-refractivity contribution in [2.45, 2.75) is 11.3 Å². The van der Waals surface area contributed by atoms with Crippen LogP contribution in [0, 0.1) is 0 Å². The number of nitrogens with zero attached hydrogens (tertiary/aromatic N) is 2. The molecule has 3 rings (SSSR count). The molecule has 0 bridgehead atoms. The predicted octanol–water partition coefficient (Wildman–Crippen LogP) is 3.74. The van der Waals surface area contributed by atoms with E-state index in [1.165, 1.54) is 41.2 Å². The minimum Gasteiger partial charge on any atom is -0.325 e. The van der Waals surface area contributed by atoms with Crippen molar-refractivity contribution in [3.8, 4) is 0 Å². The number of hydrogen-bond acceptors (Lipinski definition) is 5. The van der Waals surface area contributed by atoms with Gasteiger partial charge in [0.2, 0.25) is 5.91 Å². The summed E-state index contributed by atoms with van der Waals surface area (Å²) in [7, 11) is 1.54. The Hall–Kier alpha value is -2.33. The van der Waals surface area contributed by atoms with Crippen LogP contribution in [0.1, 0.15) is 5.56 Å². The van der Waals surface area contributed by atoms with Crippen LogP contribution in [0.15, 0.2) is 45.7 Å². The first-order valence-corrected chi connectivity index (χ1v) is 9.17. The Morgan fingerprint density at radius 1 is 1.31 bits per heavy atom. The Morgan fingerprint density at radius 2 is 2.04 bits per heavy atom. The van der Waals surface area contributed by atoms with Crippen LogP contribution in [-0.4, -0.2) is 21.2 Å². The van der Waals surface area contributed by atoms with E-state index in [0.717, 1.165) is 17.8 Å². The zero-order valence-corrected chi connectivity index (χ0v) is 15.0. The van der Waals surface area contributed by atoms with Gasteiger partial charge in [-0.25, -0.2) is 4.98 Å². The van der Waals surface area contributed by atoms with Crippen molar-refractivity contribution < 1.29 is 18.0 Å². The summed E-state index contributed by atoms with van der Waals surface area (Å²) in [5.41, 5.74) is -0.914. The standard InChI is InChI=1S/C16H12F3N3O2S2/c1-22-14(24)13-11(6-7-25-13)21-15(22)26-8-12(23)20-10-5-3-2-4-9(10)16(17,18)19/h2-7H,8H2,1H3,(H,20,23). The minimum absolute atomic E-state index is 0.178. The number of rotatable bonds is 4. The van der Waals surface area contributed by atoms with Gasteiger partial charge < -0.3 is 5.32 Å². The van der Waals surface area contributed by atoms with Crippen molar-refractivity contribution in [3.63, 3.8) is 0 Å². The number of alkyl halides is 3. The first-order valence-electron chi connectivity index (χ1n) is 7.30. The summed E-state index contributed by atoms with van der Waals surface area (Å²) < 4.78 is 40.7. The van der Waals surface area contributed by atoms with Gasteiger partial charge in [0.15, 0.2) is 5.16 Å². The molecule has 0 fully saturated rings. The van der Waals surface area contributed by atoms with Crippen molar-refractivity contribution in [1.29, 1.82) is 0 Å². The van der Waals surface area contributed by atoms with Gasteiger partial charge in [-0.1, -0.05) is 23.9 Å². The molecule has 5 nitrogen and oxygen atoms in total. The van der Waals surface area contributed by atoms with Crippen molar-refractivity contribution in [1.82, 2.24) is 9.55 Å². The van der Waals surface area contributed by atoms with Crippen LogP contribution >= 0.6 is 23.1 Å². The number of aromatic nitrogens is 2. The number of hydrogen-bond donors (Lipinski definition) is 1. The topological polar surface area (TPSA) is 64.0 Å². The fourth-order valence-corrected chi connectivity index (χ4v) is 3.83. The number of halogens is 3. The van der Waals surface area contributed by atoms with E-state index in [1.807, 2.05) is 0 Å². The second-order valence-corrected chi connectivity index (χ2v) is 7.13. The molecule has 1 aromatic carbocycles. The molecule has 0 radical (unpaired) electrons. The van der Waals surface area contributed by atoms with Crippen LogP contribution in [0.2, 0.25) is 0 Å². The molecule has 0 saturated carbocycles. The second-order valence-electron chi connectivity index (χ2n) is 5.27. The van der Waals surface area contributed by atoms with Crippen LogP contribution in [0.25, 0.3) is 10.2 Å². The predicted molar refractivity (Wildman–Crippen MR) is 95.7 cm³/mol. The lowest BCUT2D eigenvalue weighted by atomic mass is 10.1. The average molecular weight is 399 g/mol. The Morgan fingerprint density at radius 3 is 2.77 bits per heavy atom. The average Bonchev–Trinajstić information content (AvgIpc) is 3.05. The number of carbonyl (C=O) groups is 1. The molecule has 1 N–H and O–H groups in total. The summed E-state index contributed by atoms with van der Waals surface area (Å²) >= 11 is 2.26. The highest BCUT2D eigenvalue weighted by Crippen LogP contribution is 2.34. The van der Waals surface area contributed by atoms with E-state index in [2.05, 4.69) is 10.3 Å². The number of para-hydroxylation sites is 1. The highest BCUT2D eigenvalue weighted by molar-refractivity contribution is 7.99. The number of fused-ring (bicyclic) bond motifs is 1. The maximum absolute atomic E-state index is 13.0. The molecule has 0 aliphatic heterocycles. The van der Waals surface area contributed by atoms with Gasteiger partial charge in [0.1, 0.15) is 4.70 Å². The molecule has 2 aromatic heterocycles. The summed E-state index contributed by atoms with van der Waals surface area (Å²) in [6.07, 6.45) is -4.56. The van der Waals surface area contributed by atoms with E-state index in [4.69, 9.17) is 0 Å². The molecular weight excluding hydrogens is 387 g/mol. The zero-order chi connectivity index (χ0) is 18.9. The quantitative estimate of drug-likeness (QED) is 0.536. The SMILES string of the molecule is Cn1c(SCC(=O)Nc2ccccc2C(F)(F)F)nc2ccsc2c1=O. The molecule has 2 heterocycles. The largest absolute Gasteiger partial charge is 0.418 e. The molecule has 0 unspecified atom stereocenters. The van der Waals surface area contributed by atoms with E-state index in [1.54, 1.807) is 11.4 Å². The normalized spacial score (nSPS) is 11.7. The third-order valence-corrected chi connectivity index (χ3v) is 5.41.